The first kappa shape index (κ1) is 19.4. The number of hydrogen-bond donors (Lipinski definition) is 0. The SMILES string of the molecule is CCOC(=O)C(C(=O)OCC)C(CC(=O)n1cccc1)c1ccccc1. The van der Waals surface area contributed by atoms with Crippen LogP contribution in [-0.2, 0) is 19.1 Å². The smallest absolute Gasteiger partial charge is 0.320 e. The molecule has 0 N–H and O–H groups in total. The molecule has 0 aliphatic carbocycles. The first-order valence-corrected chi connectivity index (χ1v) is 8.62. The van der Waals surface area contributed by atoms with E-state index in [1.54, 1.807) is 62.6 Å². The molecule has 2 aromatic rings. The van der Waals surface area contributed by atoms with Gasteiger partial charge in [0.2, 0.25) is 5.91 Å². The zero-order chi connectivity index (χ0) is 18.9. The first-order chi connectivity index (χ1) is 12.6. The van der Waals surface area contributed by atoms with E-state index in [-0.39, 0.29) is 25.5 Å². The van der Waals surface area contributed by atoms with E-state index in [0.29, 0.717) is 5.56 Å². The van der Waals surface area contributed by atoms with Crippen LogP contribution in [0, 0.1) is 5.92 Å². The third-order valence-corrected chi connectivity index (χ3v) is 4.00. The summed E-state index contributed by atoms with van der Waals surface area (Å²) in [5.74, 6) is -3.45. The van der Waals surface area contributed by atoms with Gasteiger partial charge >= 0.3 is 11.9 Å². The van der Waals surface area contributed by atoms with Crippen molar-refractivity contribution in [3.8, 4) is 0 Å². The summed E-state index contributed by atoms with van der Waals surface area (Å²) in [7, 11) is 0. The fourth-order valence-corrected chi connectivity index (χ4v) is 2.81. The van der Waals surface area contributed by atoms with Gasteiger partial charge in [0.25, 0.3) is 0 Å². The van der Waals surface area contributed by atoms with Crippen LogP contribution in [0.3, 0.4) is 0 Å². The lowest BCUT2D eigenvalue weighted by Gasteiger charge is -2.24. The van der Waals surface area contributed by atoms with Crippen molar-refractivity contribution in [2.24, 2.45) is 5.92 Å². The van der Waals surface area contributed by atoms with E-state index in [9.17, 15) is 14.4 Å². The Balaban J connectivity index is 2.39. The highest BCUT2D eigenvalue weighted by Gasteiger charge is 2.39. The predicted molar refractivity (Wildman–Crippen MR) is 95.6 cm³/mol. The second-order valence-corrected chi connectivity index (χ2v) is 5.69. The molecule has 0 bridgehead atoms. The molecule has 138 valence electrons. The topological polar surface area (TPSA) is 74.6 Å². The van der Waals surface area contributed by atoms with Crippen molar-refractivity contribution in [2.75, 3.05) is 13.2 Å². The highest BCUT2D eigenvalue weighted by atomic mass is 16.6. The molecule has 0 saturated carbocycles. The number of nitrogens with zero attached hydrogens (tertiary/aromatic N) is 1. The monoisotopic (exact) mass is 357 g/mol. The molecular weight excluding hydrogens is 334 g/mol. The van der Waals surface area contributed by atoms with Crippen LogP contribution in [0.5, 0.6) is 0 Å². The van der Waals surface area contributed by atoms with Gasteiger partial charge in [-0.3, -0.25) is 19.0 Å². The second kappa shape index (κ2) is 9.56. The molecule has 0 fully saturated rings. The number of ether oxygens (including phenoxy) is 2. The Kier molecular flexibility index (Phi) is 7.14. The number of aromatic nitrogens is 1. The molecule has 0 radical (unpaired) electrons. The Hall–Kier alpha value is -2.89. The highest BCUT2D eigenvalue weighted by molar-refractivity contribution is 5.97. The Bertz CT molecular complexity index is 706. The lowest BCUT2D eigenvalue weighted by atomic mass is 9.83. The fraction of sp³-hybridized carbons (Fsp3) is 0.350. The number of hydrogen-bond acceptors (Lipinski definition) is 5. The number of rotatable bonds is 8. The van der Waals surface area contributed by atoms with Crippen LogP contribution in [0.2, 0.25) is 0 Å². The van der Waals surface area contributed by atoms with E-state index in [4.69, 9.17) is 9.47 Å². The molecular formula is C20H23NO5. The van der Waals surface area contributed by atoms with Crippen LogP contribution in [0.25, 0.3) is 0 Å². The number of carbonyl (C=O) groups is 3. The van der Waals surface area contributed by atoms with E-state index >= 15 is 0 Å². The molecule has 1 unspecified atom stereocenters. The van der Waals surface area contributed by atoms with Crippen molar-refractivity contribution in [1.29, 1.82) is 0 Å². The summed E-state index contributed by atoms with van der Waals surface area (Å²) in [4.78, 5) is 37.6. The summed E-state index contributed by atoms with van der Waals surface area (Å²) in [6.07, 6.45) is 3.24. The zero-order valence-electron chi connectivity index (χ0n) is 15.0. The Morgan fingerprint density at radius 3 is 1.92 bits per heavy atom. The van der Waals surface area contributed by atoms with Gasteiger partial charge in [0.1, 0.15) is 0 Å². The Morgan fingerprint density at radius 1 is 0.885 bits per heavy atom. The summed E-state index contributed by atoms with van der Waals surface area (Å²) in [5.41, 5.74) is 0.708. The van der Waals surface area contributed by atoms with Gasteiger partial charge < -0.3 is 9.47 Å². The van der Waals surface area contributed by atoms with E-state index < -0.39 is 23.8 Å². The lowest BCUT2D eigenvalue weighted by Crippen LogP contribution is -2.35. The van der Waals surface area contributed by atoms with Gasteiger partial charge in [0.15, 0.2) is 5.92 Å². The molecule has 6 nitrogen and oxygen atoms in total. The molecule has 0 aliphatic rings. The minimum absolute atomic E-state index is 0.0268. The zero-order valence-corrected chi connectivity index (χ0v) is 15.0. The Labute approximate surface area is 152 Å². The summed E-state index contributed by atoms with van der Waals surface area (Å²) >= 11 is 0. The number of benzene rings is 1. The molecule has 1 atom stereocenters. The molecule has 0 amide bonds. The third-order valence-electron chi connectivity index (χ3n) is 4.00. The summed E-state index contributed by atoms with van der Waals surface area (Å²) in [5, 5.41) is 0. The van der Waals surface area contributed by atoms with Crippen LogP contribution in [0.4, 0.5) is 0 Å². The second-order valence-electron chi connectivity index (χ2n) is 5.69. The van der Waals surface area contributed by atoms with Gasteiger partial charge in [-0.25, -0.2) is 0 Å². The maximum Gasteiger partial charge on any atom is 0.320 e. The van der Waals surface area contributed by atoms with Crippen molar-refractivity contribution in [3.05, 3.63) is 60.4 Å². The number of esters is 2. The van der Waals surface area contributed by atoms with Gasteiger partial charge in [0.05, 0.1) is 13.2 Å². The van der Waals surface area contributed by atoms with Crippen LogP contribution in [-0.4, -0.2) is 35.6 Å². The van der Waals surface area contributed by atoms with Gasteiger partial charge in [-0.15, -0.1) is 0 Å². The molecule has 0 aliphatic heterocycles. The van der Waals surface area contributed by atoms with Gasteiger partial charge in [-0.05, 0) is 31.5 Å². The average molecular weight is 357 g/mol. The van der Waals surface area contributed by atoms with Crippen molar-refractivity contribution >= 4 is 17.8 Å². The normalized spacial score (nSPS) is 11.8. The molecule has 0 saturated heterocycles. The summed E-state index contributed by atoms with van der Waals surface area (Å²) < 4.78 is 11.6. The standard InChI is InChI=1S/C20H23NO5/c1-3-25-19(23)18(20(24)26-4-2)16(15-10-6-5-7-11-15)14-17(22)21-12-8-9-13-21/h5-13,16,18H,3-4,14H2,1-2H3. The van der Waals surface area contributed by atoms with E-state index in [1.165, 1.54) is 4.57 Å². The predicted octanol–water partition coefficient (Wildman–Crippen LogP) is 3.04. The van der Waals surface area contributed by atoms with Crippen molar-refractivity contribution in [2.45, 2.75) is 26.2 Å². The summed E-state index contributed by atoms with van der Waals surface area (Å²) in [6.45, 7) is 3.62. The Morgan fingerprint density at radius 2 is 1.42 bits per heavy atom. The molecule has 26 heavy (non-hydrogen) atoms. The fourth-order valence-electron chi connectivity index (χ4n) is 2.81. The van der Waals surface area contributed by atoms with E-state index in [1.807, 2.05) is 6.07 Å². The molecule has 6 heteroatoms. The summed E-state index contributed by atoms with van der Waals surface area (Å²) in [6, 6.07) is 12.5. The van der Waals surface area contributed by atoms with Crippen LogP contribution in [0.1, 0.15) is 36.5 Å². The van der Waals surface area contributed by atoms with Crippen molar-refractivity contribution in [1.82, 2.24) is 4.57 Å². The number of carbonyl (C=O) groups excluding carboxylic acids is 3. The molecule has 1 aromatic heterocycles. The van der Waals surface area contributed by atoms with Gasteiger partial charge in [0, 0.05) is 24.7 Å². The molecule has 2 rings (SSSR count). The van der Waals surface area contributed by atoms with Gasteiger partial charge in [-0.1, -0.05) is 30.3 Å². The van der Waals surface area contributed by atoms with Gasteiger partial charge in [-0.2, -0.15) is 0 Å². The van der Waals surface area contributed by atoms with Crippen LogP contribution in [0.15, 0.2) is 54.9 Å². The minimum atomic E-state index is -1.20. The maximum atomic E-state index is 12.6. The van der Waals surface area contributed by atoms with E-state index in [0.717, 1.165) is 0 Å². The largest absolute Gasteiger partial charge is 0.465 e. The van der Waals surface area contributed by atoms with Crippen molar-refractivity contribution < 1.29 is 23.9 Å². The maximum absolute atomic E-state index is 12.6. The van der Waals surface area contributed by atoms with Crippen molar-refractivity contribution in [3.63, 3.8) is 0 Å². The molecule has 1 aromatic carbocycles. The lowest BCUT2D eigenvalue weighted by molar-refractivity contribution is -0.162. The van der Waals surface area contributed by atoms with E-state index in [2.05, 4.69) is 0 Å². The molecule has 1 heterocycles. The molecule has 0 spiro atoms. The van der Waals surface area contributed by atoms with Crippen LogP contribution < -0.4 is 0 Å². The third kappa shape index (κ3) is 4.81. The highest BCUT2D eigenvalue weighted by Crippen LogP contribution is 2.31. The quantitative estimate of drug-likeness (QED) is 0.536. The first-order valence-electron chi connectivity index (χ1n) is 8.62. The minimum Gasteiger partial charge on any atom is -0.465 e. The van der Waals surface area contributed by atoms with Crippen LogP contribution >= 0.6 is 0 Å². The average Bonchev–Trinajstić information content (AvgIpc) is 3.17.